The molecule has 4 nitrogen and oxygen atoms in total. The minimum absolute atomic E-state index is 0.0433. The first-order valence-electron chi connectivity index (χ1n) is 8.21. The zero-order chi connectivity index (χ0) is 16.9. The Kier molecular flexibility index (Phi) is 5.30. The monoisotopic (exact) mass is 343 g/mol. The van der Waals surface area contributed by atoms with Gasteiger partial charge in [-0.15, -0.1) is 11.3 Å². The van der Waals surface area contributed by atoms with Crippen LogP contribution in [0.3, 0.4) is 0 Å². The molecule has 0 radical (unpaired) electrons. The number of thiophene rings is 1. The minimum atomic E-state index is -0.435. The third kappa shape index (κ3) is 3.67. The minimum Gasteiger partial charge on any atom is -0.465 e. The van der Waals surface area contributed by atoms with Crippen molar-refractivity contribution in [1.29, 1.82) is 0 Å². The molecular formula is C19H21NO3S. The van der Waals surface area contributed by atoms with E-state index >= 15 is 0 Å². The highest BCUT2D eigenvalue weighted by atomic mass is 32.1. The van der Waals surface area contributed by atoms with Gasteiger partial charge in [0, 0.05) is 10.4 Å². The average molecular weight is 343 g/mol. The number of hydrogen-bond donors (Lipinski definition) is 1. The summed E-state index contributed by atoms with van der Waals surface area (Å²) in [5.41, 5.74) is 0.871. The van der Waals surface area contributed by atoms with Gasteiger partial charge >= 0.3 is 5.97 Å². The van der Waals surface area contributed by atoms with Gasteiger partial charge in [0.05, 0.1) is 18.7 Å². The van der Waals surface area contributed by atoms with Gasteiger partial charge in [-0.05, 0) is 48.4 Å². The van der Waals surface area contributed by atoms with Crippen LogP contribution in [0, 0.1) is 5.92 Å². The molecule has 1 aliphatic rings. The van der Waals surface area contributed by atoms with Crippen molar-refractivity contribution < 1.29 is 14.3 Å². The second-order valence-corrected chi connectivity index (χ2v) is 7.06. The van der Waals surface area contributed by atoms with E-state index in [0.29, 0.717) is 17.0 Å². The summed E-state index contributed by atoms with van der Waals surface area (Å²) in [5.74, 6) is -0.0994. The van der Waals surface area contributed by atoms with Crippen LogP contribution in [-0.2, 0) is 4.74 Å². The van der Waals surface area contributed by atoms with Crippen LogP contribution in [0.2, 0.25) is 0 Å². The van der Waals surface area contributed by atoms with E-state index in [1.165, 1.54) is 24.8 Å². The van der Waals surface area contributed by atoms with Crippen LogP contribution in [-0.4, -0.2) is 19.0 Å². The fourth-order valence-electron chi connectivity index (χ4n) is 3.31. The largest absolute Gasteiger partial charge is 0.465 e. The van der Waals surface area contributed by atoms with E-state index in [2.05, 4.69) is 11.4 Å². The van der Waals surface area contributed by atoms with Crippen molar-refractivity contribution in [3.8, 4) is 0 Å². The summed E-state index contributed by atoms with van der Waals surface area (Å²) in [6.07, 6.45) is 4.73. The van der Waals surface area contributed by atoms with Gasteiger partial charge in [0.25, 0.3) is 5.91 Å². The van der Waals surface area contributed by atoms with E-state index in [0.717, 1.165) is 12.8 Å². The molecule has 1 saturated carbocycles. The lowest BCUT2D eigenvalue weighted by molar-refractivity contribution is 0.0600. The molecule has 1 aromatic heterocycles. The van der Waals surface area contributed by atoms with E-state index in [4.69, 9.17) is 4.74 Å². The molecule has 0 spiro atoms. The smallest absolute Gasteiger partial charge is 0.337 e. The molecule has 1 fully saturated rings. The van der Waals surface area contributed by atoms with Gasteiger partial charge in [-0.25, -0.2) is 4.79 Å². The average Bonchev–Trinajstić information content (AvgIpc) is 3.32. The standard InChI is InChI=1S/C19H21NO3S/c1-23-19(22)15-9-4-8-14(12-15)18(21)20-17(13-6-2-3-7-13)16-10-5-11-24-16/h4-5,8-13,17H,2-3,6-7H2,1H3,(H,20,21)/t17-/m1/s1. The molecule has 1 aromatic carbocycles. The Bertz CT molecular complexity index is 705. The molecule has 1 aliphatic carbocycles. The lowest BCUT2D eigenvalue weighted by Gasteiger charge is -2.24. The van der Waals surface area contributed by atoms with Crippen LogP contribution in [0.15, 0.2) is 41.8 Å². The normalized spacial score (nSPS) is 15.9. The van der Waals surface area contributed by atoms with Crippen molar-refractivity contribution in [2.75, 3.05) is 7.11 Å². The van der Waals surface area contributed by atoms with Crippen LogP contribution < -0.4 is 5.32 Å². The van der Waals surface area contributed by atoms with Crippen molar-refractivity contribution in [2.24, 2.45) is 5.92 Å². The summed E-state index contributed by atoms with van der Waals surface area (Å²) < 4.78 is 4.72. The number of methoxy groups -OCH3 is 1. The molecule has 1 N–H and O–H groups in total. The molecule has 126 valence electrons. The molecule has 0 bridgehead atoms. The predicted molar refractivity (Wildman–Crippen MR) is 94.3 cm³/mol. The highest BCUT2D eigenvalue weighted by Crippen LogP contribution is 2.37. The Labute approximate surface area is 145 Å². The number of carbonyl (C=O) groups is 2. The van der Waals surface area contributed by atoms with Gasteiger partial charge in [-0.2, -0.15) is 0 Å². The number of benzene rings is 1. The molecule has 0 aliphatic heterocycles. The quantitative estimate of drug-likeness (QED) is 0.828. The van der Waals surface area contributed by atoms with Crippen molar-refractivity contribution in [2.45, 2.75) is 31.7 Å². The molecule has 1 atom stereocenters. The van der Waals surface area contributed by atoms with Gasteiger partial charge in [-0.3, -0.25) is 4.79 Å². The van der Waals surface area contributed by atoms with E-state index in [-0.39, 0.29) is 11.9 Å². The topological polar surface area (TPSA) is 55.4 Å². The van der Waals surface area contributed by atoms with Crippen molar-refractivity contribution in [3.05, 3.63) is 57.8 Å². The SMILES string of the molecule is COC(=O)c1cccc(C(=O)N[C@@H](c2cccs2)C2CCCC2)c1. The Morgan fingerprint density at radius 3 is 2.58 bits per heavy atom. The Balaban J connectivity index is 1.79. The van der Waals surface area contributed by atoms with E-state index in [1.807, 2.05) is 11.4 Å². The zero-order valence-corrected chi connectivity index (χ0v) is 14.5. The lowest BCUT2D eigenvalue weighted by Crippen LogP contribution is -2.32. The number of carbonyl (C=O) groups excluding carboxylic acids is 2. The summed E-state index contributed by atoms with van der Waals surface area (Å²) in [5, 5.41) is 5.22. The molecular weight excluding hydrogens is 322 g/mol. The van der Waals surface area contributed by atoms with Gasteiger partial charge in [-0.1, -0.05) is 25.0 Å². The second-order valence-electron chi connectivity index (χ2n) is 6.08. The molecule has 2 aromatic rings. The van der Waals surface area contributed by atoms with Crippen molar-refractivity contribution in [3.63, 3.8) is 0 Å². The van der Waals surface area contributed by atoms with Crippen LogP contribution >= 0.6 is 11.3 Å². The third-order valence-corrected chi connectivity index (χ3v) is 5.51. The molecule has 1 heterocycles. The third-order valence-electron chi connectivity index (χ3n) is 4.55. The number of ether oxygens (including phenoxy) is 1. The van der Waals surface area contributed by atoms with Crippen molar-refractivity contribution in [1.82, 2.24) is 5.32 Å². The van der Waals surface area contributed by atoms with Crippen molar-refractivity contribution >= 4 is 23.2 Å². The summed E-state index contributed by atoms with van der Waals surface area (Å²) in [6.45, 7) is 0. The molecule has 1 amide bonds. The molecule has 3 rings (SSSR count). The first-order valence-corrected chi connectivity index (χ1v) is 9.09. The number of hydrogen-bond acceptors (Lipinski definition) is 4. The van der Waals surface area contributed by atoms with Gasteiger partial charge in [0.2, 0.25) is 0 Å². The molecule has 24 heavy (non-hydrogen) atoms. The van der Waals surface area contributed by atoms with Crippen LogP contribution in [0.5, 0.6) is 0 Å². The summed E-state index contributed by atoms with van der Waals surface area (Å²) in [4.78, 5) is 25.6. The fourth-order valence-corrected chi connectivity index (χ4v) is 4.18. The summed E-state index contributed by atoms with van der Waals surface area (Å²) in [6, 6.07) is 10.8. The highest BCUT2D eigenvalue weighted by Gasteiger charge is 2.28. The molecule has 5 heteroatoms. The Morgan fingerprint density at radius 2 is 1.92 bits per heavy atom. The maximum Gasteiger partial charge on any atom is 0.337 e. The zero-order valence-electron chi connectivity index (χ0n) is 13.7. The maximum atomic E-state index is 12.7. The van der Waals surface area contributed by atoms with Crippen LogP contribution in [0.4, 0.5) is 0 Å². The highest BCUT2D eigenvalue weighted by molar-refractivity contribution is 7.10. The summed E-state index contributed by atoms with van der Waals surface area (Å²) in [7, 11) is 1.34. The number of amides is 1. The number of nitrogens with one attached hydrogen (secondary N) is 1. The fraction of sp³-hybridized carbons (Fsp3) is 0.368. The Morgan fingerprint density at radius 1 is 1.17 bits per heavy atom. The van der Waals surface area contributed by atoms with Crippen LogP contribution in [0.1, 0.15) is 57.3 Å². The van der Waals surface area contributed by atoms with Gasteiger partial charge in [0.1, 0.15) is 0 Å². The van der Waals surface area contributed by atoms with E-state index in [9.17, 15) is 9.59 Å². The van der Waals surface area contributed by atoms with Crippen LogP contribution in [0.25, 0.3) is 0 Å². The second kappa shape index (κ2) is 7.62. The van der Waals surface area contributed by atoms with Gasteiger partial charge < -0.3 is 10.1 Å². The lowest BCUT2D eigenvalue weighted by atomic mass is 9.96. The molecule has 0 saturated heterocycles. The maximum absolute atomic E-state index is 12.7. The van der Waals surface area contributed by atoms with E-state index < -0.39 is 5.97 Å². The van der Waals surface area contributed by atoms with E-state index in [1.54, 1.807) is 35.6 Å². The Hall–Kier alpha value is -2.14. The number of esters is 1. The first-order chi connectivity index (χ1) is 11.7. The molecule has 0 unspecified atom stereocenters. The summed E-state index contributed by atoms with van der Waals surface area (Å²) >= 11 is 1.68. The first kappa shape index (κ1) is 16.7. The van der Waals surface area contributed by atoms with Gasteiger partial charge in [0.15, 0.2) is 0 Å². The predicted octanol–water partition coefficient (Wildman–Crippen LogP) is 4.20. The number of rotatable bonds is 5.